The van der Waals surface area contributed by atoms with Crippen molar-refractivity contribution in [2.75, 3.05) is 6.61 Å². The molecule has 0 aromatic heterocycles. The average molecular weight is 432 g/mol. The zero-order valence-corrected chi connectivity index (χ0v) is 20.4. The number of hydrogen-bond acceptors (Lipinski definition) is 2. The number of aliphatic hydroxyl groups excluding tert-OH is 1. The first-order valence-electron chi connectivity index (χ1n) is 13.0. The Bertz CT molecular complexity index is 521. The topological polar surface area (TPSA) is 63.3 Å². The van der Waals surface area contributed by atoms with Crippen LogP contribution in [0.2, 0.25) is 0 Å². The third-order valence-corrected chi connectivity index (χ3v) is 5.77. The predicted octanol–water partition coefficient (Wildman–Crippen LogP) is 6.91. The quantitative estimate of drug-likeness (QED) is 0.153. The lowest BCUT2D eigenvalue weighted by Crippen LogP contribution is -2.09. The first kappa shape index (κ1) is 29.5. The van der Waals surface area contributed by atoms with Crippen molar-refractivity contribution in [2.24, 2.45) is 11.7 Å². The number of carbonyl (C=O) groups excluding carboxylic acids is 1. The summed E-state index contributed by atoms with van der Waals surface area (Å²) < 4.78 is 0. The van der Waals surface area contributed by atoms with E-state index in [0.717, 1.165) is 32.1 Å². The van der Waals surface area contributed by atoms with Crippen LogP contribution in [0.25, 0.3) is 0 Å². The van der Waals surface area contributed by atoms with E-state index in [1.54, 1.807) is 0 Å². The normalized spacial score (nSPS) is 11.3. The molecular weight excluding hydrogens is 382 g/mol. The van der Waals surface area contributed by atoms with Gasteiger partial charge < -0.3 is 10.8 Å². The Balaban J connectivity index is 3.25. The molecule has 178 valence electrons. The summed E-state index contributed by atoms with van der Waals surface area (Å²) in [5.74, 6) is 12.6. The van der Waals surface area contributed by atoms with Gasteiger partial charge >= 0.3 is 0 Å². The van der Waals surface area contributed by atoms with E-state index in [-0.39, 0.29) is 5.91 Å². The molecule has 1 atom stereocenters. The Kier molecular flexibility index (Phi) is 23.7. The second-order valence-corrected chi connectivity index (χ2v) is 9.05. The van der Waals surface area contributed by atoms with E-state index in [2.05, 4.69) is 30.6 Å². The monoisotopic (exact) mass is 431 g/mol. The van der Waals surface area contributed by atoms with Gasteiger partial charge in [-0.25, -0.2) is 0 Å². The van der Waals surface area contributed by atoms with Crippen LogP contribution >= 0.6 is 0 Å². The highest BCUT2D eigenvalue weighted by atomic mass is 16.3. The highest BCUT2D eigenvalue weighted by molar-refractivity contribution is 5.73. The Labute approximate surface area is 193 Å². The van der Waals surface area contributed by atoms with Gasteiger partial charge in [-0.3, -0.25) is 4.79 Å². The number of rotatable bonds is 21. The summed E-state index contributed by atoms with van der Waals surface area (Å²) in [6, 6.07) is 0. The van der Waals surface area contributed by atoms with Crippen molar-refractivity contribution >= 4 is 5.91 Å². The highest BCUT2D eigenvalue weighted by Crippen LogP contribution is 2.14. The maximum absolute atomic E-state index is 10.6. The highest BCUT2D eigenvalue weighted by Gasteiger charge is 1.99. The molecule has 3 heteroatoms. The molecule has 0 spiro atoms. The molecule has 3 nitrogen and oxygen atoms in total. The minimum atomic E-state index is -0.185. The van der Waals surface area contributed by atoms with E-state index in [0.29, 0.717) is 18.9 Å². The summed E-state index contributed by atoms with van der Waals surface area (Å²) in [7, 11) is 0. The lowest BCUT2D eigenvalue weighted by Gasteiger charge is -2.06. The molecule has 0 rings (SSSR count). The fraction of sp³-hybridized carbons (Fsp3) is 0.821. The molecule has 0 aromatic carbocycles. The van der Waals surface area contributed by atoms with Gasteiger partial charge in [-0.1, -0.05) is 102 Å². The van der Waals surface area contributed by atoms with E-state index in [4.69, 9.17) is 10.8 Å². The second kappa shape index (κ2) is 24.8. The largest absolute Gasteiger partial charge is 0.396 e. The van der Waals surface area contributed by atoms with Gasteiger partial charge in [0.25, 0.3) is 0 Å². The molecule has 0 aromatic rings. The van der Waals surface area contributed by atoms with Crippen LogP contribution in [0.4, 0.5) is 0 Å². The SMILES string of the molecule is CC(CO)CCCCCCCCCCCCC#CC#CCCCCCCCCC(N)=O. The molecular formula is C28H49NO2. The molecule has 0 bridgehead atoms. The van der Waals surface area contributed by atoms with Crippen LogP contribution in [0.1, 0.15) is 135 Å². The first-order valence-corrected chi connectivity index (χ1v) is 13.0. The molecule has 0 aliphatic heterocycles. The molecule has 0 saturated heterocycles. The molecule has 0 aliphatic carbocycles. The minimum absolute atomic E-state index is 0.185. The van der Waals surface area contributed by atoms with Crippen molar-refractivity contribution in [3.63, 3.8) is 0 Å². The fourth-order valence-electron chi connectivity index (χ4n) is 3.64. The van der Waals surface area contributed by atoms with Gasteiger partial charge in [0.05, 0.1) is 0 Å². The summed E-state index contributed by atoms with van der Waals surface area (Å²) in [5, 5.41) is 9.00. The van der Waals surface area contributed by atoms with Crippen molar-refractivity contribution in [3.05, 3.63) is 0 Å². The van der Waals surface area contributed by atoms with Crippen molar-refractivity contribution in [2.45, 2.75) is 135 Å². The Morgan fingerprint density at radius 2 is 1.06 bits per heavy atom. The molecule has 31 heavy (non-hydrogen) atoms. The average Bonchev–Trinajstić information content (AvgIpc) is 2.76. The van der Waals surface area contributed by atoms with Crippen molar-refractivity contribution in [1.29, 1.82) is 0 Å². The molecule has 1 amide bonds. The first-order chi connectivity index (χ1) is 15.2. The summed E-state index contributed by atoms with van der Waals surface area (Å²) >= 11 is 0. The van der Waals surface area contributed by atoms with Crippen molar-refractivity contribution < 1.29 is 9.90 Å². The van der Waals surface area contributed by atoms with E-state index in [1.165, 1.54) is 89.9 Å². The molecule has 1 unspecified atom stereocenters. The summed E-state index contributed by atoms with van der Waals surface area (Å²) in [5.41, 5.74) is 5.12. The fourth-order valence-corrected chi connectivity index (χ4v) is 3.64. The smallest absolute Gasteiger partial charge is 0.217 e. The van der Waals surface area contributed by atoms with Crippen LogP contribution < -0.4 is 5.73 Å². The maximum Gasteiger partial charge on any atom is 0.217 e. The zero-order valence-electron chi connectivity index (χ0n) is 20.4. The van der Waals surface area contributed by atoms with Gasteiger partial charge in [0.15, 0.2) is 0 Å². The Morgan fingerprint density at radius 3 is 1.48 bits per heavy atom. The van der Waals surface area contributed by atoms with Gasteiger partial charge in [0.2, 0.25) is 5.91 Å². The zero-order chi connectivity index (χ0) is 22.8. The number of carbonyl (C=O) groups is 1. The summed E-state index contributed by atoms with van der Waals surface area (Å²) in [4.78, 5) is 10.6. The van der Waals surface area contributed by atoms with Gasteiger partial charge in [-0.2, -0.15) is 0 Å². The minimum Gasteiger partial charge on any atom is -0.396 e. The molecule has 0 radical (unpaired) electrons. The van der Waals surface area contributed by atoms with E-state index >= 15 is 0 Å². The lowest BCUT2D eigenvalue weighted by molar-refractivity contribution is -0.118. The van der Waals surface area contributed by atoms with Crippen LogP contribution in [0.3, 0.4) is 0 Å². The van der Waals surface area contributed by atoms with E-state index < -0.39 is 0 Å². The van der Waals surface area contributed by atoms with Crippen LogP contribution in [0, 0.1) is 29.6 Å². The number of primary amides is 1. The molecule has 0 fully saturated rings. The third-order valence-electron chi connectivity index (χ3n) is 5.77. The molecule has 0 heterocycles. The van der Waals surface area contributed by atoms with Gasteiger partial charge in [0, 0.05) is 25.9 Å². The molecule has 0 aliphatic rings. The number of nitrogens with two attached hydrogens (primary N) is 1. The van der Waals surface area contributed by atoms with Crippen molar-refractivity contribution in [1.82, 2.24) is 0 Å². The molecule has 3 N–H and O–H groups in total. The van der Waals surface area contributed by atoms with Gasteiger partial charge in [0.1, 0.15) is 0 Å². The summed E-state index contributed by atoms with van der Waals surface area (Å²) in [6.07, 6.45) is 23.7. The predicted molar refractivity (Wildman–Crippen MR) is 133 cm³/mol. The lowest BCUT2D eigenvalue weighted by atomic mass is 10.0. The second-order valence-electron chi connectivity index (χ2n) is 9.05. The number of amides is 1. The standard InChI is InChI=1S/C28H49NO2/c1-27(26-30)24-22-20-18-16-14-12-10-8-6-4-2-3-5-7-9-11-13-15-17-19-21-23-25-28(29)31/h27,30H,2,4,6,8,10-26H2,1H3,(H2,29,31). The van der Waals surface area contributed by atoms with Gasteiger partial charge in [-0.15, -0.1) is 0 Å². The number of aliphatic hydroxyl groups is 1. The summed E-state index contributed by atoms with van der Waals surface area (Å²) in [6.45, 7) is 2.46. The number of hydrogen-bond donors (Lipinski definition) is 2. The van der Waals surface area contributed by atoms with Gasteiger partial charge in [-0.05, 0) is 43.4 Å². The maximum atomic E-state index is 10.6. The van der Waals surface area contributed by atoms with Crippen molar-refractivity contribution in [3.8, 4) is 23.7 Å². The van der Waals surface area contributed by atoms with Crippen LogP contribution in [0.5, 0.6) is 0 Å². The molecule has 0 saturated carbocycles. The van der Waals surface area contributed by atoms with Crippen LogP contribution in [0.15, 0.2) is 0 Å². The Morgan fingerprint density at radius 1 is 0.677 bits per heavy atom. The Hall–Kier alpha value is -1.45. The van der Waals surface area contributed by atoms with E-state index in [9.17, 15) is 4.79 Å². The van der Waals surface area contributed by atoms with Crippen LogP contribution in [-0.2, 0) is 4.79 Å². The van der Waals surface area contributed by atoms with E-state index in [1.807, 2.05) is 0 Å². The van der Waals surface area contributed by atoms with Crippen LogP contribution in [-0.4, -0.2) is 17.6 Å². The number of unbranched alkanes of at least 4 members (excludes halogenated alkanes) is 16. The third kappa shape index (κ3) is 26.5.